The molecule has 0 spiro atoms. The number of hydrogen-bond donors (Lipinski definition) is 1. The third-order valence-electron chi connectivity index (χ3n) is 6.78. The van der Waals surface area contributed by atoms with Crippen LogP contribution in [0.2, 0.25) is 0 Å². The maximum atomic E-state index is 14.4. The van der Waals surface area contributed by atoms with Crippen LogP contribution in [0, 0.1) is 24.6 Å². The lowest BCUT2D eigenvalue weighted by Gasteiger charge is -2.21. The fraction of sp³-hybridized carbons (Fsp3) is 0.129. The summed E-state index contributed by atoms with van der Waals surface area (Å²) in [7, 11) is 1.80. The Labute approximate surface area is 233 Å². The summed E-state index contributed by atoms with van der Waals surface area (Å²) < 4.78 is 19.0. The van der Waals surface area contributed by atoms with Crippen LogP contribution in [0.1, 0.15) is 45.8 Å². The Morgan fingerprint density at radius 2 is 1.93 bits per heavy atom. The second-order valence-electron chi connectivity index (χ2n) is 9.66. The molecule has 0 aliphatic carbocycles. The van der Waals surface area contributed by atoms with E-state index < -0.39 is 17.8 Å². The highest BCUT2D eigenvalue weighted by molar-refractivity contribution is 6.01. The predicted octanol–water partition coefficient (Wildman–Crippen LogP) is 4.11. The normalized spacial score (nSPS) is 11.8. The highest BCUT2D eigenvalue weighted by Gasteiger charge is 2.23. The molecule has 0 aliphatic rings. The number of aryl methyl sites for hydroxylation is 2. The number of nitrogens with one attached hydrogen (secondary N) is 1. The van der Waals surface area contributed by atoms with Gasteiger partial charge in [0.15, 0.2) is 5.65 Å². The summed E-state index contributed by atoms with van der Waals surface area (Å²) in [4.78, 5) is 31.9. The second-order valence-corrected chi connectivity index (χ2v) is 9.66. The van der Waals surface area contributed by atoms with Crippen molar-refractivity contribution in [1.82, 2.24) is 34.3 Å². The number of benzene rings is 2. The fourth-order valence-corrected chi connectivity index (χ4v) is 4.92. The molecule has 4 aromatic heterocycles. The van der Waals surface area contributed by atoms with Crippen LogP contribution in [-0.4, -0.2) is 34.9 Å². The van der Waals surface area contributed by atoms with E-state index in [4.69, 9.17) is 0 Å². The maximum Gasteiger partial charge on any atom is 0.264 e. The van der Waals surface area contributed by atoms with Gasteiger partial charge in [0.1, 0.15) is 11.4 Å². The number of carbonyl (C=O) groups excluding carboxylic acids is 1. The van der Waals surface area contributed by atoms with E-state index >= 15 is 0 Å². The number of pyridine rings is 1. The van der Waals surface area contributed by atoms with Gasteiger partial charge >= 0.3 is 0 Å². The smallest absolute Gasteiger partial charge is 0.264 e. The molecule has 0 saturated carbocycles. The monoisotopic (exact) mass is 545 g/mol. The minimum Gasteiger partial charge on any atom is -0.344 e. The van der Waals surface area contributed by atoms with Gasteiger partial charge in [0.25, 0.3) is 11.5 Å². The van der Waals surface area contributed by atoms with Gasteiger partial charge in [0, 0.05) is 36.9 Å². The minimum atomic E-state index is -0.647. The Morgan fingerprint density at radius 1 is 1.10 bits per heavy atom. The number of fused-ring (bicyclic) bond motifs is 2. The molecule has 2 aromatic carbocycles. The van der Waals surface area contributed by atoms with Gasteiger partial charge in [-0.1, -0.05) is 30.0 Å². The van der Waals surface area contributed by atoms with Gasteiger partial charge in [0.05, 0.1) is 34.6 Å². The summed E-state index contributed by atoms with van der Waals surface area (Å²) in [5, 5.41) is 12.5. The Balaban J connectivity index is 1.49. The molecule has 1 atom stereocenters. The zero-order valence-corrected chi connectivity index (χ0v) is 22.5. The minimum absolute atomic E-state index is 0.330. The average molecular weight is 546 g/mol. The largest absolute Gasteiger partial charge is 0.344 e. The van der Waals surface area contributed by atoms with Crippen LogP contribution in [0.25, 0.3) is 22.1 Å². The Hall–Kier alpha value is -5.56. The van der Waals surface area contributed by atoms with E-state index in [1.54, 1.807) is 73.1 Å². The van der Waals surface area contributed by atoms with Crippen LogP contribution in [0.4, 0.5) is 4.39 Å². The van der Waals surface area contributed by atoms with Crippen molar-refractivity contribution in [2.75, 3.05) is 0 Å². The van der Waals surface area contributed by atoms with Gasteiger partial charge in [-0.2, -0.15) is 10.2 Å². The highest BCUT2D eigenvalue weighted by Crippen LogP contribution is 2.24. The molecule has 0 radical (unpaired) electrons. The first-order valence-electron chi connectivity index (χ1n) is 12.9. The number of amides is 1. The first-order chi connectivity index (χ1) is 19.8. The first kappa shape index (κ1) is 25.7. The van der Waals surface area contributed by atoms with Crippen molar-refractivity contribution in [1.29, 1.82) is 0 Å². The summed E-state index contributed by atoms with van der Waals surface area (Å²) in [6.07, 6.45) is 6.74. The van der Waals surface area contributed by atoms with Gasteiger partial charge in [-0.05, 0) is 55.6 Å². The van der Waals surface area contributed by atoms with E-state index in [-0.39, 0.29) is 5.56 Å². The molecule has 0 bridgehead atoms. The summed E-state index contributed by atoms with van der Waals surface area (Å²) >= 11 is 0. The van der Waals surface area contributed by atoms with Crippen molar-refractivity contribution in [3.63, 3.8) is 0 Å². The number of aromatic nitrogens is 6. The van der Waals surface area contributed by atoms with Crippen molar-refractivity contribution in [2.45, 2.75) is 19.9 Å². The molecule has 9 nitrogen and oxygen atoms in total. The summed E-state index contributed by atoms with van der Waals surface area (Å²) in [6, 6.07) is 14.1. The molecule has 6 rings (SSSR count). The highest BCUT2D eigenvalue weighted by atomic mass is 19.1. The first-order valence-corrected chi connectivity index (χ1v) is 12.9. The Kier molecular flexibility index (Phi) is 6.40. The van der Waals surface area contributed by atoms with Gasteiger partial charge in [-0.3, -0.25) is 18.8 Å². The van der Waals surface area contributed by atoms with E-state index in [1.807, 2.05) is 18.2 Å². The van der Waals surface area contributed by atoms with Gasteiger partial charge in [-0.25, -0.2) is 13.9 Å². The van der Waals surface area contributed by atoms with Gasteiger partial charge in [0.2, 0.25) is 0 Å². The van der Waals surface area contributed by atoms with E-state index in [2.05, 4.69) is 32.3 Å². The summed E-state index contributed by atoms with van der Waals surface area (Å²) in [6.45, 7) is 3.51. The zero-order chi connectivity index (χ0) is 28.7. The topological polar surface area (TPSA) is 99.1 Å². The SMILES string of the molecule is Cc1nn2cccnc2c1C(=O)NC(C)c1cc2cccc(C#Cc3cnn(C)c3)c2c(=O)n1-c1cccc(F)c1. The van der Waals surface area contributed by atoms with Crippen LogP contribution >= 0.6 is 0 Å². The molecule has 6 aromatic rings. The van der Waals surface area contributed by atoms with Crippen molar-refractivity contribution < 1.29 is 9.18 Å². The van der Waals surface area contributed by atoms with Crippen LogP contribution in [-0.2, 0) is 7.05 Å². The molecule has 0 fully saturated rings. The van der Waals surface area contributed by atoms with Crippen molar-refractivity contribution in [2.24, 2.45) is 7.05 Å². The van der Waals surface area contributed by atoms with Crippen LogP contribution < -0.4 is 10.9 Å². The number of carbonyl (C=O) groups is 1. The average Bonchev–Trinajstić information content (AvgIpc) is 3.52. The molecule has 0 saturated heterocycles. The number of rotatable bonds is 4. The molecule has 1 N–H and O–H groups in total. The van der Waals surface area contributed by atoms with Crippen LogP contribution in [0.3, 0.4) is 0 Å². The van der Waals surface area contributed by atoms with Crippen molar-refractivity contribution >= 4 is 22.3 Å². The van der Waals surface area contributed by atoms with E-state index in [0.29, 0.717) is 50.2 Å². The van der Waals surface area contributed by atoms with E-state index in [9.17, 15) is 14.0 Å². The van der Waals surface area contributed by atoms with Crippen LogP contribution in [0.15, 0.2) is 84.2 Å². The third kappa shape index (κ3) is 4.74. The number of halogens is 1. The quantitative estimate of drug-likeness (QED) is 0.336. The molecule has 0 aliphatic heterocycles. The third-order valence-corrected chi connectivity index (χ3v) is 6.78. The fourth-order valence-electron chi connectivity index (χ4n) is 4.92. The standard InChI is InChI=1S/C31H24FN7O2/c1-19(35-30(40)27-20(2)36-38-14-6-13-33-29(27)38)26-15-23-8-4-7-22(12-11-21-17-34-37(3)18-21)28(23)31(41)39(26)25-10-5-9-24(32)16-25/h4-10,13-19H,1-3H3,(H,35,40). The maximum absolute atomic E-state index is 14.4. The molecule has 10 heteroatoms. The van der Waals surface area contributed by atoms with Crippen molar-refractivity contribution in [3.05, 3.63) is 124 Å². The number of nitrogens with zero attached hydrogens (tertiary/aromatic N) is 6. The summed E-state index contributed by atoms with van der Waals surface area (Å²) in [5.74, 6) is 5.27. The lowest BCUT2D eigenvalue weighted by atomic mass is 10.0. The lowest BCUT2D eigenvalue weighted by molar-refractivity contribution is 0.0939. The molecule has 202 valence electrons. The molecule has 1 unspecified atom stereocenters. The lowest BCUT2D eigenvalue weighted by Crippen LogP contribution is -2.32. The Morgan fingerprint density at radius 3 is 2.71 bits per heavy atom. The van der Waals surface area contributed by atoms with Crippen LogP contribution in [0.5, 0.6) is 0 Å². The Bertz CT molecular complexity index is 2100. The molecule has 1 amide bonds. The van der Waals surface area contributed by atoms with Gasteiger partial charge in [-0.15, -0.1) is 0 Å². The van der Waals surface area contributed by atoms with E-state index in [1.165, 1.54) is 22.8 Å². The van der Waals surface area contributed by atoms with Gasteiger partial charge < -0.3 is 5.32 Å². The predicted molar refractivity (Wildman–Crippen MR) is 152 cm³/mol. The van der Waals surface area contributed by atoms with Crippen molar-refractivity contribution in [3.8, 4) is 17.5 Å². The number of hydrogen-bond acceptors (Lipinski definition) is 5. The molecular weight excluding hydrogens is 521 g/mol. The molecule has 4 heterocycles. The second kappa shape index (κ2) is 10.2. The molecular formula is C31H24FN7O2. The summed E-state index contributed by atoms with van der Waals surface area (Å²) in [5.41, 5.74) is 2.94. The molecule has 41 heavy (non-hydrogen) atoms. The van der Waals surface area contributed by atoms with E-state index in [0.717, 1.165) is 0 Å². The zero-order valence-electron chi connectivity index (χ0n) is 22.5.